The van der Waals surface area contributed by atoms with Gasteiger partial charge in [-0.25, -0.2) is 0 Å². The fourth-order valence-corrected chi connectivity index (χ4v) is 3.57. The number of likely N-dealkylation sites (N-methyl/N-ethyl adjacent to an activating group) is 1. The number of rotatable bonds is 6. The minimum Gasteiger partial charge on any atom is -0.497 e. The standard InChI is InChI=1S/C21H26ClN3O2/c1-24-11-13-25(14-12-24)20(16-7-9-17(27-2)10-8-16)15-23-21(26)18-5-3-4-6-19(18)22/h3-10,20H,11-15H2,1-2H3,(H,23,26)/t20-/m1/s1. The summed E-state index contributed by atoms with van der Waals surface area (Å²) >= 11 is 6.16. The topological polar surface area (TPSA) is 44.8 Å². The van der Waals surface area contributed by atoms with Gasteiger partial charge in [0.1, 0.15) is 5.75 Å². The van der Waals surface area contributed by atoms with Gasteiger partial charge in [-0.05, 0) is 36.9 Å². The number of amides is 1. The molecule has 1 saturated heterocycles. The maximum atomic E-state index is 12.6. The van der Waals surface area contributed by atoms with Crippen molar-refractivity contribution in [1.82, 2.24) is 15.1 Å². The summed E-state index contributed by atoms with van der Waals surface area (Å²) in [6, 6.07) is 15.3. The number of nitrogens with zero attached hydrogens (tertiary/aromatic N) is 2. The van der Waals surface area contributed by atoms with E-state index in [1.54, 1.807) is 19.2 Å². The van der Waals surface area contributed by atoms with E-state index in [0.717, 1.165) is 31.9 Å². The molecule has 0 radical (unpaired) electrons. The van der Waals surface area contributed by atoms with Crippen molar-refractivity contribution in [2.24, 2.45) is 0 Å². The first kappa shape index (κ1) is 19.7. The maximum absolute atomic E-state index is 12.6. The molecule has 27 heavy (non-hydrogen) atoms. The van der Waals surface area contributed by atoms with Crippen molar-refractivity contribution in [3.8, 4) is 5.75 Å². The van der Waals surface area contributed by atoms with E-state index < -0.39 is 0 Å². The van der Waals surface area contributed by atoms with Crippen LogP contribution in [0, 0.1) is 0 Å². The maximum Gasteiger partial charge on any atom is 0.252 e. The van der Waals surface area contributed by atoms with E-state index in [1.165, 1.54) is 5.56 Å². The molecule has 0 unspecified atom stereocenters. The van der Waals surface area contributed by atoms with Gasteiger partial charge in [-0.15, -0.1) is 0 Å². The molecule has 1 amide bonds. The molecule has 1 N–H and O–H groups in total. The van der Waals surface area contributed by atoms with E-state index in [0.29, 0.717) is 17.1 Å². The smallest absolute Gasteiger partial charge is 0.252 e. The Balaban J connectivity index is 1.75. The molecule has 2 aromatic rings. The fraction of sp³-hybridized carbons (Fsp3) is 0.381. The Morgan fingerprint density at radius 1 is 1.11 bits per heavy atom. The first-order chi connectivity index (χ1) is 13.1. The van der Waals surface area contributed by atoms with Crippen LogP contribution in [0.15, 0.2) is 48.5 Å². The van der Waals surface area contributed by atoms with Gasteiger partial charge in [0.25, 0.3) is 5.91 Å². The minimum absolute atomic E-state index is 0.107. The highest BCUT2D eigenvalue weighted by atomic mass is 35.5. The van der Waals surface area contributed by atoms with E-state index in [2.05, 4.69) is 34.3 Å². The number of hydrogen-bond acceptors (Lipinski definition) is 4. The van der Waals surface area contributed by atoms with Crippen LogP contribution < -0.4 is 10.1 Å². The minimum atomic E-state index is -0.145. The van der Waals surface area contributed by atoms with Crippen molar-refractivity contribution >= 4 is 17.5 Å². The van der Waals surface area contributed by atoms with Crippen LogP contribution in [0.2, 0.25) is 5.02 Å². The number of carbonyl (C=O) groups is 1. The van der Waals surface area contributed by atoms with Crippen LogP contribution in [-0.4, -0.2) is 62.6 Å². The van der Waals surface area contributed by atoms with Crippen LogP contribution in [-0.2, 0) is 0 Å². The van der Waals surface area contributed by atoms with Crippen LogP contribution >= 0.6 is 11.6 Å². The molecule has 0 bridgehead atoms. The van der Waals surface area contributed by atoms with E-state index in [9.17, 15) is 4.79 Å². The quantitative estimate of drug-likeness (QED) is 0.827. The van der Waals surface area contributed by atoms with Gasteiger partial charge in [-0.1, -0.05) is 35.9 Å². The summed E-state index contributed by atoms with van der Waals surface area (Å²) in [5, 5.41) is 3.53. The molecule has 2 aromatic carbocycles. The Morgan fingerprint density at radius 2 is 1.78 bits per heavy atom. The SMILES string of the molecule is COc1ccc([C@@H](CNC(=O)c2ccccc2Cl)N2CCN(C)CC2)cc1. The van der Waals surface area contributed by atoms with Crippen molar-refractivity contribution in [3.05, 3.63) is 64.7 Å². The van der Waals surface area contributed by atoms with Crippen molar-refractivity contribution in [1.29, 1.82) is 0 Å². The van der Waals surface area contributed by atoms with Gasteiger partial charge in [0.2, 0.25) is 0 Å². The lowest BCUT2D eigenvalue weighted by molar-refractivity contribution is 0.0886. The largest absolute Gasteiger partial charge is 0.497 e. The summed E-state index contributed by atoms with van der Waals surface area (Å²) in [5.41, 5.74) is 1.67. The van der Waals surface area contributed by atoms with Gasteiger partial charge in [-0.2, -0.15) is 0 Å². The van der Waals surface area contributed by atoms with Crippen LogP contribution in [0.5, 0.6) is 5.75 Å². The number of ether oxygens (including phenoxy) is 1. The average Bonchev–Trinajstić information content (AvgIpc) is 2.70. The highest BCUT2D eigenvalue weighted by Crippen LogP contribution is 2.24. The third-order valence-corrected chi connectivity index (χ3v) is 5.38. The summed E-state index contributed by atoms with van der Waals surface area (Å²) in [5.74, 6) is 0.684. The zero-order valence-electron chi connectivity index (χ0n) is 15.8. The first-order valence-electron chi connectivity index (χ1n) is 9.17. The van der Waals surface area contributed by atoms with E-state index in [4.69, 9.17) is 16.3 Å². The fourth-order valence-electron chi connectivity index (χ4n) is 3.35. The summed E-state index contributed by atoms with van der Waals surface area (Å²) in [7, 11) is 3.80. The third kappa shape index (κ3) is 5.01. The van der Waals surface area contributed by atoms with E-state index in [1.807, 2.05) is 24.3 Å². The summed E-state index contributed by atoms with van der Waals surface area (Å²) in [6.45, 7) is 4.50. The highest BCUT2D eigenvalue weighted by molar-refractivity contribution is 6.33. The number of nitrogens with one attached hydrogen (secondary N) is 1. The zero-order valence-corrected chi connectivity index (χ0v) is 16.6. The molecule has 144 valence electrons. The summed E-state index contributed by atoms with van der Waals surface area (Å²) in [4.78, 5) is 17.3. The Hall–Kier alpha value is -2.08. The summed E-state index contributed by atoms with van der Waals surface area (Å²) in [6.07, 6.45) is 0. The molecule has 0 aliphatic carbocycles. The Kier molecular flexibility index (Phi) is 6.72. The highest BCUT2D eigenvalue weighted by Gasteiger charge is 2.25. The summed E-state index contributed by atoms with van der Waals surface area (Å²) < 4.78 is 5.27. The second kappa shape index (κ2) is 9.22. The Labute approximate surface area is 165 Å². The molecule has 0 aromatic heterocycles. The van der Waals surface area contributed by atoms with Gasteiger partial charge >= 0.3 is 0 Å². The number of carbonyl (C=O) groups excluding carboxylic acids is 1. The predicted molar refractivity (Wildman–Crippen MR) is 109 cm³/mol. The molecule has 1 aliphatic heterocycles. The number of halogens is 1. The molecule has 3 rings (SSSR count). The average molecular weight is 388 g/mol. The van der Waals surface area contributed by atoms with Gasteiger partial charge in [0.15, 0.2) is 0 Å². The molecule has 0 saturated carbocycles. The number of hydrogen-bond donors (Lipinski definition) is 1. The van der Waals surface area contributed by atoms with Crippen LogP contribution in [0.1, 0.15) is 22.0 Å². The lowest BCUT2D eigenvalue weighted by Gasteiger charge is -2.38. The number of methoxy groups -OCH3 is 1. The third-order valence-electron chi connectivity index (χ3n) is 5.05. The van der Waals surface area contributed by atoms with Crippen LogP contribution in [0.3, 0.4) is 0 Å². The molecular formula is C21H26ClN3O2. The monoisotopic (exact) mass is 387 g/mol. The second-order valence-electron chi connectivity index (χ2n) is 6.82. The van der Waals surface area contributed by atoms with Gasteiger partial charge in [0.05, 0.1) is 23.7 Å². The van der Waals surface area contributed by atoms with Gasteiger partial charge < -0.3 is 15.0 Å². The van der Waals surface area contributed by atoms with E-state index in [-0.39, 0.29) is 11.9 Å². The molecule has 1 heterocycles. The Bertz CT molecular complexity index is 758. The molecule has 1 atom stereocenters. The molecule has 5 nitrogen and oxygen atoms in total. The van der Waals surface area contributed by atoms with Gasteiger partial charge in [-0.3, -0.25) is 9.69 Å². The normalized spacial score (nSPS) is 16.7. The van der Waals surface area contributed by atoms with Crippen molar-refractivity contribution in [3.63, 3.8) is 0 Å². The molecule has 6 heteroatoms. The van der Waals surface area contributed by atoms with Crippen LogP contribution in [0.4, 0.5) is 0 Å². The lowest BCUT2D eigenvalue weighted by atomic mass is 10.0. The molecular weight excluding hydrogens is 362 g/mol. The lowest BCUT2D eigenvalue weighted by Crippen LogP contribution is -2.48. The predicted octanol–water partition coefficient (Wildman–Crippen LogP) is 3.07. The zero-order chi connectivity index (χ0) is 19.2. The van der Waals surface area contributed by atoms with Crippen molar-refractivity contribution in [2.45, 2.75) is 6.04 Å². The van der Waals surface area contributed by atoms with Crippen LogP contribution in [0.25, 0.3) is 0 Å². The molecule has 0 spiro atoms. The number of benzene rings is 2. The van der Waals surface area contributed by atoms with Crippen molar-refractivity contribution in [2.75, 3.05) is 46.9 Å². The molecule has 1 aliphatic rings. The second-order valence-corrected chi connectivity index (χ2v) is 7.23. The van der Waals surface area contributed by atoms with Crippen molar-refractivity contribution < 1.29 is 9.53 Å². The van der Waals surface area contributed by atoms with Gasteiger partial charge in [0, 0.05) is 32.7 Å². The Morgan fingerprint density at radius 3 is 2.41 bits per heavy atom. The molecule has 1 fully saturated rings. The number of piperazine rings is 1. The first-order valence-corrected chi connectivity index (χ1v) is 9.55. The van der Waals surface area contributed by atoms with E-state index >= 15 is 0 Å².